The van der Waals surface area contributed by atoms with E-state index in [-0.39, 0.29) is 28.6 Å². The van der Waals surface area contributed by atoms with Gasteiger partial charge in [0.25, 0.3) is 5.92 Å². The second-order valence-electron chi connectivity index (χ2n) is 11.8. The van der Waals surface area contributed by atoms with Gasteiger partial charge in [0.1, 0.15) is 28.5 Å². The molecule has 45 heavy (non-hydrogen) atoms. The van der Waals surface area contributed by atoms with Crippen LogP contribution >= 0.6 is 11.8 Å². The van der Waals surface area contributed by atoms with Gasteiger partial charge in [-0.2, -0.15) is 17.5 Å². The average molecular weight is 689 g/mol. The van der Waals surface area contributed by atoms with E-state index in [4.69, 9.17) is 4.74 Å². The average Bonchev–Trinajstić information content (AvgIpc) is 2.96. The fraction of sp³-hybridized carbons (Fsp3) is 0.536. The lowest BCUT2D eigenvalue weighted by atomic mass is 9.66. The van der Waals surface area contributed by atoms with E-state index in [1.807, 2.05) is 0 Å². The lowest BCUT2D eigenvalue weighted by molar-refractivity contribution is -0.199. The molecule has 2 aromatic rings. The molecule has 1 heterocycles. The zero-order valence-electron chi connectivity index (χ0n) is 23.6. The largest absolute Gasteiger partial charge is 0.491 e. The number of carboxylic acids is 1. The molecule has 1 unspecified atom stereocenters. The topological polar surface area (TPSA) is 87.2 Å². The van der Waals surface area contributed by atoms with Crippen molar-refractivity contribution in [2.75, 3.05) is 25.1 Å². The summed E-state index contributed by atoms with van der Waals surface area (Å²) in [6.45, 7) is -1.08. The Morgan fingerprint density at radius 3 is 2.22 bits per heavy atom. The van der Waals surface area contributed by atoms with Crippen molar-refractivity contribution in [2.45, 2.75) is 77.6 Å². The minimum atomic E-state index is -4.60. The van der Waals surface area contributed by atoms with E-state index in [0.717, 1.165) is 41.3 Å². The molecule has 2 aliphatic carbocycles. The number of alkyl halides is 7. The Morgan fingerprint density at radius 2 is 1.69 bits per heavy atom. The number of thioether (sulfide) groups is 1. The summed E-state index contributed by atoms with van der Waals surface area (Å²) in [6, 6.07) is 5.82. The minimum Gasteiger partial charge on any atom is -0.491 e. The quantitative estimate of drug-likeness (QED) is 0.282. The maximum absolute atomic E-state index is 13.9. The second-order valence-corrected chi connectivity index (χ2v) is 15.1. The van der Waals surface area contributed by atoms with Gasteiger partial charge < -0.3 is 14.7 Å². The molecule has 1 N–H and O–H groups in total. The van der Waals surface area contributed by atoms with Crippen molar-refractivity contribution in [2.24, 2.45) is 5.41 Å². The highest BCUT2D eigenvalue weighted by Gasteiger charge is 2.62. The fourth-order valence-corrected chi connectivity index (χ4v) is 8.73. The van der Waals surface area contributed by atoms with Gasteiger partial charge in [-0.15, -0.1) is 11.8 Å². The van der Waals surface area contributed by atoms with Crippen LogP contribution in [-0.4, -0.2) is 73.3 Å². The second kappa shape index (κ2) is 11.5. The van der Waals surface area contributed by atoms with Gasteiger partial charge in [0.05, 0.1) is 10.6 Å². The highest BCUT2D eigenvalue weighted by atomic mass is 32.2. The highest BCUT2D eigenvalue weighted by Crippen LogP contribution is 2.54. The van der Waals surface area contributed by atoms with E-state index in [9.17, 15) is 53.4 Å². The van der Waals surface area contributed by atoms with Crippen molar-refractivity contribution in [3.63, 3.8) is 0 Å². The van der Waals surface area contributed by atoms with Gasteiger partial charge in [0, 0.05) is 68.7 Å². The Hall–Kier alpha value is -2.79. The minimum absolute atomic E-state index is 0.0629. The molecule has 1 atom stereocenters. The van der Waals surface area contributed by atoms with Crippen molar-refractivity contribution < 1.29 is 58.2 Å². The van der Waals surface area contributed by atoms with Gasteiger partial charge in [-0.3, -0.25) is 4.79 Å². The summed E-state index contributed by atoms with van der Waals surface area (Å²) in [5, 5.41) is 9.00. The maximum atomic E-state index is 13.9. The fourth-order valence-electron chi connectivity index (χ4n) is 5.74. The third-order valence-corrected chi connectivity index (χ3v) is 11.5. The summed E-state index contributed by atoms with van der Waals surface area (Å²) in [5.74, 6) is -8.65. The summed E-state index contributed by atoms with van der Waals surface area (Å²) in [6.07, 6.45) is -9.64. The van der Waals surface area contributed by atoms with Gasteiger partial charge in [-0.25, -0.2) is 30.4 Å². The van der Waals surface area contributed by atoms with Crippen LogP contribution in [-0.2, 0) is 14.8 Å². The van der Waals surface area contributed by atoms with E-state index in [2.05, 4.69) is 0 Å². The third kappa shape index (κ3) is 6.99. The molecule has 0 saturated heterocycles. The molecule has 2 fully saturated rings. The summed E-state index contributed by atoms with van der Waals surface area (Å²) in [5.41, 5.74) is -1.83. The van der Waals surface area contributed by atoms with E-state index >= 15 is 0 Å². The molecule has 7 nitrogen and oxygen atoms in total. The molecule has 3 aliphatic rings. The number of halogens is 8. The standard InChI is InChI=1S/C28H28F8N2O5S2/c1-37-18(6-7-28(34,35)36)12-38(17-4-2-16(29)3-5-17)20-8-22(44-19-10-26(30,31)11-19)21(9-23(20)45(37,41)42)43-15-25(24(39)40)13-27(32,33)14-25/h2-5,8-9,18-19H,6-7,10-15H2,1H3,(H,39,40). The van der Waals surface area contributed by atoms with E-state index in [1.165, 1.54) is 23.1 Å². The van der Waals surface area contributed by atoms with Crippen molar-refractivity contribution >= 4 is 39.1 Å². The van der Waals surface area contributed by atoms with Crippen LogP contribution in [0.3, 0.4) is 0 Å². The van der Waals surface area contributed by atoms with Crippen LogP contribution in [0, 0.1) is 11.2 Å². The molecular formula is C28H28F8N2O5S2. The number of rotatable bonds is 9. The number of carboxylic acid groups (broad SMARTS) is 1. The number of carbonyl (C=O) groups is 1. The zero-order valence-corrected chi connectivity index (χ0v) is 25.2. The Labute approximate surface area is 257 Å². The van der Waals surface area contributed by atoms with Crippen LogP contribution in [0.1, 0.15) is 38.5 Å². The van der Waals surface area contributed by atoms with Gasteiger partial charge in [-0.05, 0) is 36.8 Å². The lowest BCUT2D eigenvalue weighted by Crippen LogP contribution is -2.54. The molecule has 5 rings (SSSR count). The normalized spacial score (nSPS) is 23.8. The molecule has 0 bridgehead atoms. The Morgan fingerprint density at radius 1 is 1.07 bits per heavy atom. The van der Waals surface area contributed by atoms with Crippen LogP contribution in [0.15, 0.2) is 46.2 Å². The number of sulfonamides is 1. The molecule has 0 aromatic heterocycles. The van der Waals surface area contributed by atoms with Crippen molar-refractivity contribution in [3.8, 4) is 5.75 Å². The molecule has 2 aromatic carbocycles. The first-order valence-electron chi connectivity index (χ1n) is 13.7. The first-order valence-corrected chi connectivity index (χ1v) is 16.1. The first kappa shape index (κ1) is 33.6. The highest BCUT2D eigenvalue weighted by molar-refractivity contribution is 8.00. The number of fused-ring (bicyclic) bond motifs is 1. The molecule has 2 saturated carbocycles. The lowest BCUT2D eigenvalue weighted by Gasteiger charge is -2.43. The van der Waals surface area contributed by atoms with Gasteiger partial charge in [0.2, 0.25) is 15.9 Å². The number of ether oxygens (including phenoxy) is 1. The monoisotopic (exact) mass is 688 g/mol. The van der Waals surface area contributed by atoms with Crippen molar-refractivity contribution in [3.05, 3.63) is 42.2 Å². The van der Waals surface area contributed by atoms with Crippen LogP contribution in [0.2, 0.25) is 0 Å². The number of aliphatic carboxylic acids is 1. The van der Waals surface area contributed by atoms with Crippen molar-refractivity contribution in [1.29, 1.82) is 0 Å². The number of nitrogens with zero attached hydrogens (tertiary/aromatic N) is 2. The zero-order chi connectivity index (χ0) is 33.2. The Kier molecular flexibility index (Phi) is 8.56. The number of hydrogen-bond acceptors (Lipinski definition) is 6. The van der Waals surface area contributed by atoms with E-state index in [1.54, 1.807) is 0 Å². The first-order chi connectivity index (χ1) is 20.7. The maximum Gasteiger partial charge on any atom is 0.389 e. The van der Waals surface area contributed by atoms with Gasteiger partial charge in [-0.1, -0.05) is 0 Å². The van der Waals surface area contributed by atoms with Crippen LogP contribution in [0.5, 0.6) is 5.75 Å². The summed E-state index contributed by atoms with van der Waals surface area (Å²) >= 11 is 0.894. The molecule has 0 radical (unpaired) electrons. The van der Waals surface area contributed by atoms with Crippen LogP contribution in [0.4, 0.5) is 46.5 Å². The molecule has 17 heteroatoms. The van der Waals surface area contributed by atoms with E-state index < -0.39 is 107 Å². The van der Waals surface area contributed by atoms with Gasteiger partial charge >= 0.3 is 12.1 Å². The predicted molar refractivity (Wildman–Crippen MR) is 147 cm³/mol. The van der Waals surface area contributed by atoms with E-state index in [0.29, 0.717) is 0 Å². The Balaban J connectivity index is 1.61. The molecule has 1 aliphatic heterocycles. The number of benzene rings is 2. The van der Waals surface area contributed by atoms with Crippen LogP contribution < -0.4 is 9.64 Å². The number of anilines is 2. The molecule has 0 amide bonds. The summed E-state index contributed by atoms with van der Waals surface area (Å²) < 4.78 is 143. The predicted octanol–water partition coefficient (Wildman–Crippen LogP) is 7.08. The molecular weight excluding hydrogens is 660 g/mol. The van der Waals surface area contributed by atoms with Crippen LogP contribution in [0.25, 0.3) is 0 Å². The SMILES string of the molecule is CN1C(CCC(F)(F)F)CN(c2ccc(F)cc2)c2cc(SC3CC(F)(F)C3)c(OCC3(C(=O)O)CC(F)(F)C3)cc2S1(=O)=O. The molecule has 248 valence electrons. The third-order valence-electron chi connectivity index (χ3n) is 8.28. The van der Waals surface area contributed by atoms with Crippen molar-refractivity contribution in [1.82, 2.24) is 4.31 Å². The number of likely N-dealkylation sites (N-methyl/N-ethyl adjacent to an activating group) is 1. The summed E-state index contributed by atoms with van der Waals surface area (Å²) in [4.78, 5) is 12.9. The smallest absolute Gasteiger partial charge is 0.389 e. The number of hydrogen-bond donors (Lipinski definition) is 1. The van der Waals surface area contributed by atoms with Gasteiger partial charge in [0.15, 0.2) is 0 Å². The summed E-state index contributed by atoms with van der Waals surface area (Å²) in [7, 11) is -3.48. The molecule has 0 spiro atoms. The Bertz CT molecular complexity index is 1550.